The van der Waals surface area contributed by atoms with E-state index in [0.717, 1.165) is 54.9 Å². The lowest BCUT2D eigenvalue weighted by molar-refractivity contribution is -0.138. The minimum Gasteiger partial charge on any atom is -0.496 e. The van der Waals surface area contributed by atoms with Gasteiger partial charge in [-0.05, 0) is 86.9 Å². The van der Waals surface area contributed by atoms with Crippen LogP contribution in [0.2, 0.25) is 0 Å². The van der Waals surface area contributed by atoms with E-state index in [1.807, 2.05) is 74.8 Å². The van der Waals surface area contributed by atoms with Crippen molar-refractivity contribution in [3.8, 4) is 11.5 Å². The molecule has 0 spiro atoms. The van der Waals surface area contributed by atoms with Crippen molar-refractivity contribution in [2.45, 2.75) is 62.1 Å². The smallest absolute Gasteiger partial charge is 0.416 e. The van der Waals surface area contributed by atoms with Gasteiger partial charge in [0.2, 0.25) is 0 Å². The van der Waals surface area contributed by atoms with Crippen molar-refractivity contribution in [2.75, 3.05) is 61.6 Å². The predicted octanol–water partition coefficient (Wildman–Crippen LogP) is 8.32. The third-order valence-corrected chi connectivity index (χ3v) is 11.1. The van der Waals surface area contributed by atoms with Gasteiger partial charge in [-0.15, -0.1) is 0 Å². The van der Waals surface area contributed by atoms with Crippen LogP contribution in [0, 0.1) is 0 Å². The van der Waals surface area contributed by atoms with Crippen molar-refractivity contribution in [1.29, 1.82) is 0 Å². The molecule has 0 saturated carbocycles. The molecule has 2 saturated heterocycles. The molecule has 3 unspecified atom stereocenters. The molecule has 6 rings (SSSR count). The Morgan fingerprint density at radius 3 is 1.75 bits per heavy atom. The van der Waals surface area contributed by atoms with Crippen LogP contribution in [0.1, 0.15) is 74.7 Å². The summed E-state index contributed by atoms with van der Waals surface area (Å²) in [4.78, 5) is 30.8. The second-order valence-corrected chi connectivity index (χ2v) is 15.4. The number of aryl methyl sites for hydroxylation is 1. The molecular weight excluding hydrogens is 791 g/mol. The maximum atomic E-state index is 13.3. The molecule has 2 aliphatic rings. The zero-order valence-corrected chi connectivity index (χ0v) is 34.6. The highest BCUT2D eigenvalue weighted by Gasteiger charge is 2.43. The van der Waals surface area contributed by atoms with Crippen molar-refractivity contribution in [1.82, 2.24) is 20.4 Å². The first-order chi connectivity index (χ1) is 28.4. The number of methoxy groups -OCH3 is 3. The van der Waals surface area contributed by atoms with Crippen molar-refractivity contribution in [3.63, 3.8) is 0 Å². The monoisotopic (exact) mass is 842 g/mol. The highest BCUT2D eigenvalue weighted by molar-refractivity contribution is 6.00. The lowest BCUT2D eigenvalue weighted by Gasteiger charge is -2.45. The third-order valence-electron chi connectivity index (χ3n) is 11.1. The van der Waals surface area contributed by atoms with Gasteiger partial charge in [0.25, 0.3) is 11.8 Å². The van der Waals surface area contributed by atoms with Gasteiger partial charge in [0, 0.05) is 38.7 Å². The maximum absolute atomic E-state index is 13.3. The van der Waals surface area contributed by atoms with Crippen LogP contribution in [0.5, 0.6) is 11.5 Å². The van der Waals surface area contributed by atoms with Gasteiger partial charge in [-0.25, -0.2) is 0 Å². The van der Waals surface area contributed by atoms with E-state index in [4.69, 9.17) is 14.2 Å². The Hall–Kier alpha value is -5.12. The lowest BCUT2D eigenvalue weighted by Crippen LogP contribution is -2.59. The largest absolute Gasteiger partial charge is 0.496 e. The summed E-state index contributed by atoms with van der Waals surface area (Å²) in [6, 6.07) is 24.2. The number of carbonyl (C=O) groups excluding carboxylic acids is 2. The van der Waals surface area contributed by atoms with E-state index in [0.29, 0.717) is 37.9 Å². The van der Waals surface area contributed by atoms with Gasteiger partial charge in [0.05, 0.1) is 42.5 Å². The number of rotatable bonds is 10. The molecule has 9 nitrogen and oxygen atoms in total. The number of benzene rings is 4. The summed E-state index contributed by atoms with van der Waals surface area (Å²) >= 11 is 0. The summed E-state index contributed by atoms with van der Waals surface area (Å²) < 4.78 is 94.9. The van der Waals surface area contributed by atoms with E-state index in [9.17, 15) is 35.9 Å². The van der Waals surface area contributed by atoms with Gasteiger partial charge in [0.1, 0.15) is 17.1 Å². The van der Waals surface area contributed by atoms with Crippen LogP contribution in [0.25, 0.3) is 0 Å². The number of halogens is 6. The normalized spacial score (nSPS) is 21.3. The van der Waals surface area contributed by atoms with E-state index >= 15 is 0 Å². The number of piperidine rings is 2. The fourth-order valence-electron chi connectivity index (χ4n) is 8.26. The molecule has 60 heavy (non-hydrogen) atoms. The Bertz CT molecular complexity index is 2060. The molecule has 2 heterocycles. The molecule has 0 aliphatic carbocycles. The standard InChI is InChI=1S/C23H27F3N2O2.C22H25F3N2O3/c1-4-16-12-18(23(24,25)26)10-11-20(16)21(29)27-22(17-8-6-5-7-9-17)13-19(30-3)14-28(2)15-22;1-27-11-7-10-21(14-27,15-8-5-4-6-9-15)26-20(28)19-17(29-2)12-16(22(23,24)25)13-18(19)30-3/h5-12,19H,4,13-15H2,1-3H3,(H,27,29);4-6,8-9,12-13H,7,10-11,14H2,1-3H3,(H,26,28). The molecule has 15 heteroatoms. The van der Waals surface area contributed by atoms with Crippen LogP contribution in [-0.2, 0) is 34.6 Å². The number of hydrogen-bond donors (Lipinski definition) is 2. The lowest BCUT2D eigenvalue weighted by atomic mass is 9.80. The number of amides is 2. The number of nitrogens with zero attached hydrogens (tertiary/aromatic N) is 2. The summed E-state index contributed by atoms with van der Waals surface area (Å²) in [5.74, 6) is -1.30. The van der Waals surface area contributed by atoms with E-state index in [2.05, 4.69) is 20.4 Å². The number of likely N-dealkylation sites (N-methyl/N-ethyl adjacent to an activating group) is 2. The van der Waals surface area contributed by atoms with Crippen molar-refractivity contribution >= 4 is 11.8 Å². The van der Waals surface area contributed by atoms with Gasteiger partial charge in [-0.3, -0.25) is 9.59 Å². The van der Waals surface area contributed by atoms with Crippen molar-refractivity contribution in [2.24, 2.45) is 0 Å². The average molecular weight is 843 g/mol. The third kappa shape index (κ3) is 10.6. The summed E-state index contributed by atoms with van der Waals surface area (Å²) in [5.41, 5.74) is -0.610. The summed E-state index contributed by atoms with van der Waals surface area (Å²) in [6.07, 6.45) is -6.64. The SMILES string of the molecule is CCc1cc(C(F)(F)F)ccc1C(=O)NC1(c2ccccc2)CC(OC)CN(C)C1.COc1cc(C(F)(F)F)cc(OC)c1C(=O)NC1(c2ccccc2)CCCN(C)C1. The quantitative estimate of drug-likeness (QED) is 0.155. The van der Waals surface area contributed by atoms with Gasteiger partial charge in [0.15, 0.2) is 0 Å². The fraction of sp³-hybridized carbons (Fsp3) is 0.422. The number of alkyl halides is 6. The molecule has 2 aliphatic heterocycles. The Morgan fingerprint density at radius 1 is 0.717 bits per heavy atom. The molecule has 0 bridgehead atoms. The summed E-state index contributed by atoms with van der Waals surface area (Å²) in [6.45, 7) is 4.53. The van der Waals surface area contributed by atoms with E-state index in [1.54, 1.807) is 14.0 Å². The van der Waals surface area contributed by atoms with Crippen LogP contribution in [-0.4, -0.2) is 89.3 Å². The zero-order chi connectivity index (χ0) is 43.9. The molecule has 324 valence electrons. The Balaban J connectivity index is 0.000000228. The first-order valence-electron chi connectivity index (χ1n) is 19.6. The number of hydrogen-bond acceptors (Lipinski definition) is 7. The Kier molecular flexibility index (Phi) is 14.6. The molecule has 2 fully saturated rings. The highest BCUT2D eigenvalue weighted by Crippen LogP contribution is 2.40. The molecule has 2 N–H and O–H groups in total. The average Bonchev–Trinajstić information content (AvgIpc) is 3.22. The minimum atomic E-state index is -4.59. The van der Waals surface area contributed by atoms with E-state index in [-0.39, 0.29) is 34.6 Å². The highest BCUT2D eigenvalue weighted by atomic mass is 19.4. The van der Waals surface area contributed by atoms with Crippen LogP contribution in [0.15, 0.2) is 91.0 Å². The number of carbonyl (C=O) groups is 2. The molecule has 2 amide bonds. The summed E-state index contributed by atoms with van der Waals surface area (Å²) in [7, 11) is 8.04. The van der Waals surface area contributed by atoms with Gasteiger partial charge in [-0.1, -0.05) is 67.6 Å². The molecule has 4 aromatic rings. The van der Waals surface area contributed by atoms with E-state index < -0.39 is 40.5 Å². The zero-order valence-electron chi connectivity index (χ0n) is 34.6. The van der Waals surface area contributed by atoms with Gasteiger partial charge in [-0.2, -0.15) is 26.3 Å². The number of nitrogens with one attached hydrogen (secondary N) is 2. The van der Waals surface area contributed by atoms with Crippen molar-refractivity contribution in [3.05, 3.63) is 130 Å². The van der Waals surface area contributed by atoms with Gasteiger partial charge < -0.3 is 34.6 Å². The second kappa shape index (κ2) is 19.1. The Labute approximate surface area is 347 Å². The van der Waals surface area contributed by atoms with Crippen LogP contribution in [0.3, 0.4) is 0 Å². The van der Waals surface area contributed by atoms with Crippen molar-refractivity contribution < 1.29 is 50.1 Å². The maximum Gasteiger partial charge on any atom is 0.416 e. The molecule has 0 radical (unpaired) electrons. The topological polar surface area (TPSA) is 92.4 Å². The minimum absolute atomic E-state index is 0.0588. The molecule has 4 aromatic carbocycles. The second-order valence-electron chi connectivity index (χ2n) is 15.4. The Morgan fingerprint density at radius 2 is 1.25 bits per heavy atom. The number of ether oxygens (including phenoxy) is 3. The molecule has 3 atom stereocenters. The molecule has 0 aromatic heterocycles. The van der Waals surface area contributed by atoms with Crippen LogP contribution < -0.4 is 20.1 Å². The predicted molar refractivity (Wildman–Crippen MR) is 216 cm³/mol. The fourth-order valence-corrected chi connectivity index (χ4v) is 8.26. The van der Waals surface area contributed by atoms with E-state index in [1.165, 1.54) is 20.3 Å². The summed E-state index contributed by atoms with van der Waals surface area (Å²) in [5, 5.41) is 6.23. The number of likely N-dealkylation sites (tertiary alicyclic amines) is 2. The van der Waals surface area contributed by atoms with Gasteiger partial charge >= 0.3 is 12.4 Å². The van der Waals surface area contributed by atoms with Crippen LogP contribution in [0.4, 0.5) is 26.3 Å². The first-order valence-corrected chi connectivity index (χ1v) is 19.6. The first kappa shape index (κ1) is 46.0. The molecular formula is C45H52F6N4O5. The van der Waals surface area contributed by atoms with Crippen LogP contribution >= 0.6 is 0 Å².